The molecule has 4 N–H and O–H groups in total. The van der Waals surface area contributed by atoms with Gasteiger partial charge in [0.05, 0.1) is 17.8 Å². The van der Waals surface area contributed by atoms with Crippen molar-refractivity contribution >= 4 is 24.5 Å². The minimum atomic E-state index is -0.825. The van der Waals surface area contributed by atoms with Crippen LogP contribution in [0.15, 0.2) is 57.2 Å². The molecule has 2 unspecified atom stereocenters. The Balaban J connectivity index is 0.00000225. The summed E-state index contributed by atoms with van der Waals surface area (Å²) in [6.07, 6.45) is 2.38. The van der Waals surface area contributed by atoms with Gasteiger partial charge in [0.2, 0.25) is 0 Å². The van der Waals surface area contributed by atoms with Crippen LogP contribution in [-0.4, -0.2) is 38.7 Å². The molecule has 3 aromatic rings. The van der Waals surface area contributed by atoms with E-state index in [4.69, 9.17) is 16.0 Å². The Morgan fingerprint density at radius 3 is 2.71 bits per heavy atom. The van der Waals surface area contributed by atoms with Crippen LogP contribution in [-0.2, 0) is 6.54 Å². The molecule has 0 saturated heterocycles. The zero-order chi connectivity index (χ0) is 19.0. The molecule has 1 aliphatic rings. The van der Waals surface area contributed by atoms with E-state index in [-0.39, 0.29) is 24.8 Å². The smallest absolute Gasteiger partial charge is 0.176 e. The van der Waals surface area contributed by atoms with Crippen LogP contribution in [0.5, 0.6) is 0 Å². The van der Waals surface area contributed by atoms with Gasteiger partial charge < -0.3 is 16.0 Å². The van der Waals surface area contributed by atoms with Crippen molar-refractivity contribution < 1.29 is 8.91 Å². The lowest BCUT2D eigenvalue weighted by Gasteiger charge is -2.27. The van der Waals surface area contributed by atoms with E-state index < -0.39 is 11.7 Å². The van der Waals surface area contributed by atoms with Crippen LogP contribution in [0.3, 0.4) is 0 Å². The van der Waals surface area contributed by atoms with Crippen LogP contribution in [0.25, 0.3) is 11.4 Å². The number of rotatable bonds is 4. The van der Waals surface area contributed by atoms with Gasteiger partial charge in [-0.25, -0.2) is 14.4 Å². The Labute approximate surface area is 166 Å². The number of nitrogens with two attached hydrogens (primary N) is 2. The molecule has 0 fully saturated rings. The lowest BCUT2D eigenvalue weighted by atomic mass is 10.0. The Kier molecular flexibility index (Phi) is 5.41. The summed E-state index contributed by atoms with van der Waals surface area (Å²) in [4.78, 5) is 8.63. The van der Waals surface area contributed by atoms with Gasteiger partial charge in [-0.2, -0.15) is 5.10 Å². The average molecular weight is 404 g/mol. The largest absolute Gasteiger partial charge is 0.364 e. The van der Waals surface area contributed by atoms with E-state index in [2.05, 4.69) is 20.2 Å². The maximum atomic E-state index is 14.1. The van der Waals surface area contributed by atoms with Crippen LogP contribution in [0, 0.1) is 5.82 Å². The van der Waals surface area contributed by atoms with Gasteiger partial charge in [0.15, 0.2) is 5.84 Å². The van der Waals surface area contributed by atoms with Gasteiger partial charge in [0, 0.05) is 17.8 Å². The number of benzene rings is 1. The molecule has 0 aliphatic carbocycles. The first-order chi connectivity index (χ1) is 12.9. The van der Waals surface area contributed by atoms with E-state index in [0.717, 1.165) is 0 Å². The van der Waals surface area contributed by atoms with Crippen molar-refractivity contribution in [3.05, 3.63) is 59.7 Å². The quantitative estimate of drug-likeness (QED) is 0.690. The Morgan fingerprint density at radius 2 is 2.04 bits per heavy atom. The molecule has 3 heterocycles. The molecule has 0 saturated carbocycles. The van der Waals surface area contributed by atoms with Crippen LogP contribution < -0.4 is 11.5 Å². The summed E-state index contributed by atoms with van der Waals surface area (Å²) in [7, 11) is 0. The van der Waals surface area contributed by atoms with Gasteiger partial charge in [-0.05, 0) is 19.1 Å². The number of hydrogen-bond donors (Lipinski definition) is 2. The van der Waals surface area contributed by atoms with E-state index in [1.807, 2.05) is 0 Å². The van der Waals surface area contributed by atoms with Gasteiger partial charge in [0.25, 0.3) is 0 Å². The zero-order valence-corrected chi connectivity index (χ0v) is 15.8. The molecule has 1 aromatic carbocycles. The van der Waals surface area contributed by atoms with Gasteiger partial charge in [-0.1, -0.05) is 23.4 Å². The summed E-state index contributed by atoms with van der Waals surface area (Å²) < 4.78 is 20.7. The van der Waals surface area contributed by atoms with Crippen molar-refractivity contribution in [2.24, 2.45) is 21.5 Å². The molecule has 28 heavy (non-hydrogen) atoms. The third kappa shape index (κ3) is 3.72. The van der Waals surface area contributed by atoms with Crippen molar-refractivity contribution in [3.8, 4) is 11.4 Å². The summed E-state index contributed by atoms with van der Waals surface area (Å²) >= 11 is 0. The summed E-state index contributed by atoms with van der Waals surface area (Å²) in [5, 5.41) is 8.49. The maximum absolute atomic E-state index is 14.1. The predicted molar refractivity (Wildman–Crippen MR) is 106 cm³/mol. The average Bonchev–Trinajstić information content (AvgIpc) is 3.29. The predicted octanol–water partition coefficient (Wildman–Crippen LogP) is 1.98. The second-order valence-electron chi connectivity index (χ2n) is 6.57. The molecule has 4 rings (SSSR count). The second-order valence-corrected chi connectivity index (χ2v) is 6.57. The van der Waals surface area contributed by atoms with E-state index >= 15 is 0 Å². The third-order valence-corrected chi connectivity index (χ3v) is 4.35. The summed E-state index contributed by atoms with van der Waals surface area (Å²) in [6.45, 7) is 1.96. The number of halogens is 2. The molecule has 8 nitrogen and oxygen atoms in total. The molecule has 10 heteroatoms. The highest BCUT2D eigenvalue weighted by atomic mass is 35.5. The molecule has 0 spiro atoms. The van der Waals surface area contributed by atoms with Crippen LogP contribution in [0.1, 0.15) is 18.2 Å². The van der Waals surface area contributed by atoms with Gasteiger partial charge in [-0.3, -0.25) is 4.68 Å². The zero-order valence-electron chi connectivity index (χ0n) is 15.0. The number of aliphatic imine (C=N–C) groups is 2. The van der Waals surface area contributed by atoms with Gasteiger partial charge in [-0.15, -0.1) is 12.4 Å². The highest BCUT2D eigenvalue weighted by Crippen LogP contribution is 2.22. The fourth-order valence-electron chi connectivity index (χ4n) is 2.70. The first-order valence-corrected chi connectivity index (χ1v) is 8.34. The van der Waals surface area contributed by atoms with Gasteiger partial charge in [0.1, 0.15) is 29.6 Å². The third-order valence-electron chi connectivity index (χ3n) is 4.35. The molecular formula is C18H19ClFN7O. The Bertz CT molecular complexity index is 1030. The van der Waals surface area contributed by atoms with Crippen molar-refractivity contribution in [1.29, 1.82) is 0 Å². The fraction of sp³-hybridized carbons (Fsp3) is 0.222. The standard InChI is InChI=1S/C18H18FN7O.ClH/c1-18(21)10-22-16(23-17(18)20)14-8-15(13-6-7-27-25-13)26(24-14)9-11-4-2-3-5-12(11)19;/h2-8,10,17H,9,20-21H2,1H3;1H. The normalized spacial score (nSPS) is 21.3. The monoisotopic (exact) mass is 403 g/mol. The Hall–Kier alpha value is -2.88. The minimum absolute atomic E-state index is 0. The number of hydrogen-bond acceptors (Lipinski definition) is 7. The van der Waals surface area contributed by atoms with E-state index in [1.54, 1.807) is 48.2 Å². The van der Waals surface area contributed by atoms with E-state index in [1.165, 1.54) is 12.3 Å². The summed E-state index contributed by atoms with van der Waals surface area (Å²) in [6, 6.07) is 9.99. The Morgan fingerprint density at radius 1 is 1.25 bits per heavy atom. The lowest BCUT2D eigenvalue weighted by molar-refractivity contribution is 0.421. The molecule has 0 radical (unpaired) electrons. The van der Waals surface area contributed by atoms with Crippen molar-refractivity contribution in [1.82, 2.24) is 14.9 Å². The number of nitrogens with zero attached hydrogens (tertiary/aromatic N) is 5. The SMILES string of the molecule is CC1(N)C=NC(c2cc(-c3ccon3)n(Cc3ccccc3F)n2)=NC1N.Cl. The van der Waals surface area contributed by atoms with Gasteiger partial charge >= 0.3 is 0 Å². The molecule has 146 valence electrons. The highest BCUT2D eigenvalue weighted by Gasteiger charge is 2.29. The minimum Gasteiger partial charge on any atom is -0.364 e. The number of aromatic nitrogens is 3. The first-order valence-electron chi connectivity index (χ1n) is 8.34. The van der Waals surface area contributed by atoms with Crippen LogP contribution >= 0.6 is 12.4 Å². The lowest BCUT2D eigenvalue weighted by Crippen LogP contribution is -2.55. The molecule has 0 amide bonds. The fourth-order valence-corrected chi connectivity index (χ4v) is 2.70. The van der Waals surface area contributed by atoms with Crippen molar-refractivity contribution in [3.63, 3.8) is 0 Å². The van der Waals surface area contributed by atoms with Crippen molar-refractivity contribution in [2.75, 3.05) is 0 Å². The molecule has 0 bridgehead atoms. The molecule has 2 aromatic heterocycles. The molecular weight excluding hydrogens is 385 g/mol. The summed E-state index contributed by atoms with van der Waals surface area (Å²) in [5.74, 6) is 0.0528. The molecule has 1 aliphatic heterocycles. The highest BCUT2D eigenvalue weighted by molar-refractivity contribution is 6.04. The van der Waals surface area contributed by atoms with Crippen LogP contribution in [0.4, 0.5) is 4.39 Å². The topological polar surface area (TPSA) is 121 Å². The number of amidine groups is 1. The van der Waals surface area contributed by atoms with Crippen LogP contribution in [0.2, 0.25) is 0 Å². The first kappa shape index (κ1) is 19.9. The van der Waals surface area contributed by atoms with E-state index in [9.17, 15) is 4.39 Å². The molecule has 2 atom stereocenters. The second kappa shape index (κ2) is 7.63. The van der Waals surface area contributed by atoms with E-state index in [0.29, 0.717) is 28.5 Å². The summed E-state index contributed by atoms with van der Waals surface area (Å²) in [5.41, 5.74) is 13.4. The van der Waals surface area contributed by atoms with Crippen molar-refractivity contribution in [2.45, 2.75) is 25.2 Å². The maximum Gasteiger partial charge on any atom is 0.176 e.